The Morgan fingerprint density at radius 1 is 1.43 bits per heavy atom. The number of nitrogens with zero attached hydrogens (tertiary/aromatic N) is 1. The van der Waals surface area contributed by atoms with Gasteiger partial charge in [-0.15, -0.1) is 0 Å². The lowest BCUT2D eigenvalue weighted by Crippen LogP contribution is -2.06. The van der Waals surface area contributed by atoms with Crippen LogP contribution >= 0.6 is 34.8 Å². The van der Waals surface area contributed by atoms with Crippen LogP contribution in [-0.4, -0.2) is 18.1 Å². The zero-order valence-corrected chi connectivity index (χ0v) is 9.45. The van der Waals surface area contributed by atoms with Gasteiger partial charge in [0, 0.05) is 0 Å². The van der Waals surface area contributed by atoms with Crippen molar-refractivity contribution in [3.05, 3.63) is 27.0 Å². The van der Waals surface area contributed by atoms with Crippen LogP contribution in [0.3, 0.4) is 0 Å². The topological polar surface area (TPSA) is 39.2 Å². The van der Waals surface area contributed by atoms with E-state index < -0.39 is 5.97 Å². The number of pyridine rings is 1. The summed E-state index contributed by atoms with van der Waals surface area (Å²) in [6.45, 7) is 0. The Labute approximate surface area is 95.9 Å². The fourth-order valence-electron chi connectivity index (χ4n) is 0.812. The maximum atomic E-state index is 10.9. The smallest absolute Gasteiger partial charge is 0.311 e. The molecule has 1 rings (SSSR count). The third-order valence-electron chi connectivity index (χ3n) is 1.50. The molecule has 0 saturated carbocycles. The number of carbonyl (C=O) groups is 1. The molecule has 0 amide bonds. The Bertz CT molecular complexity index is 368. The Morgan fingerprint density at radius 3 is 2.64 bits per heavy atom. The first kappa shape index (κ1) is 11.6. The summed E-state index contributed by atoms with van der Waals surface area (Å²) in [6, 6.07) is 1.44. The number of methoxy groups -OCH3 is 1. The van der Waals surface area contributed by atoms with Crippen molar-refractivity contribution in [1.82, 2.24) is 4.98 Å². The summed E-state index contributed by atoms with van der Waals surface area (Å²) in [5.41, 5.74) is 0.355. The lowest BCUT2D eigenvalue weighted by molar-refractivity contribution is -0.139. The van der Waals surface area contributed by atoms with Gasteiger partial charge in [0.25, 0.3) is 0 Å². The highest BCUT2D eigenvalue weighted by Gasteiger charge is 2.11. The van der Waals surface area contributed by atoms with Crippen molar-refractivity contribution in [1.29, 1.82) is 0 Å². The van der Waals surface area contributed by atoms with Crippen molar-refractivity contribution >= 4 is 40.8 Å². The number of aromatic nitrogens is 1. The molecule has 6 heteroatoms. The molecular formula is C8H6Cl3NO2. The number of ether oxygens (including phenoxy) is 1. The van der Waals surface area contributed by atoms with E-state index in [9.17, 15) is 4.79 Å². The predicted molar refractivity (Wildman–Crippen MR) is 55.0 cm³/mol. The molecular weight excluding hydrogens is 248 g/mol. The Hall–Kier alpha value is -0.510. The van der Waals surface area contributed by atoms with Gasteiger partial charge in [0.2, 0.25) is 0 Å². The van der Waals surface area contributed by atoms with Crippen LogP contribution in [0.15, 0.2) is 6.07 Å². The number of hydrogen-bond donors (Lipinski definition) is 0. The zero-order valence-electron chi connectivity index (χ0n) is 7.18. The van der Waals surface area contributed by atoms with Gasteiger partial charge in [0.05, 0.1) is 29.3 Å². The molecule has 0 bridgehead atoms. The van der Waals surface area contributed by atoms with Crippen molar-refractivity contribution in [2.75, 3.05) is 7.11 Å². The van der Waals surface area contributed by atoms with Gasteiger partial charge in [-0.25, -0.2) is 4.98 Å². The van der Waals surface area contributed by atoms with E-state index in [1.165, 1.54) is 13.2 Å². The lowest BCUT2D eigenvalue weighted by atomic mass is 10.3. The molecule has 0 aromatic carbocycles. The lowest BCUT2D eigenvalue weighted by Gasteiger charge is -2.03. The highest BCUT2D eigenvalue weighted by Crippen LogP contribution is 2.26. The van der Waals surface area contributed by atoms with E-state index in [1.807, 2.05) is 0 Å². The van der Waals surface area contributed by atoms with Gasteiger partial charge < -0.3 is 4.74 Å². The van der Waals surface area contributed by atoms with Gasteiger partial charge in [-0.1, -0.05) is 34.8 Å². The van der Waals surface area contributed by atoms with Crippen LogP contribution in [0.1, 0.15) is 5.69 Å². The van der Waals surface area contributed by atoms with E-state index in [2.05, 4.69) is 9.72 Å². The van der Waals surface area contributed by atoms with Gasteiger partial charge in [-0.05, 0) is 6.07 Å². The number of halogens is 3. The average Bonchev–Trinajstić information content (AvgIpc) is 2.14. The van der Waals surface area contributed by atoms with E-state index in [0.717, 1.165) is 0 Å². The molecule has 3 nitrogen and oxygen atoms in total. The standard InChI is InChI=1S/C8H6Cl3NO2/c1-14-7(13)3-6-4(9)2-5(10)8(11)12-6/h2H,3H2,1H3. The molecule has 1 heterocycles. The van der Waals surface area contributed by atoms with E-state index >= 15 is 0 Å². The first-order chi connectivity index (χ1) is 6.54. The predicted octanol–water partition coefficient (Wildman–Crippen LogP) is 2.76. The summed E-state index contributed by atoms with van der Waals surface area (Å²) in [5, 5.41) is 0.671. The van der Waals surface area contributed by atoms with Crippen molar-refractivity contribution in [2.45, 2.75) is 6.42 Å². The Morgan fingerprint density at radius 2 is 2.07 bits per heavy atom. The molecule has 1 aromatic rings. The molecule has 0 atom stereocenters. The van der Waals surface area contributed by atoms with Gasteiger partial charge in [0.1, 0.15) is 5.15 Å². The van der Waals surface area contributed by atoms with E-state index in [4.69, 9.17) is 34.8 Å². The molecule has 1 aromatic heterocycles. The highest BCUT2D eigenvalue weighted by molar-refractivity contribution is 6.42. The van der Waals surface area contributed by atoms with Gasteiger partial charge in [0.15, 0.2) is 0 Å². The molecule has 0 N–H and O–H groups in total. The molecule has 0 aliphatic rings. The van der Waals surface area contributed by atoms with Crippen molar-refractivity contribution in [3.63, 3.8) is 0 Å². The van der Waals surface area contributed by atoms with Gasteiger partial charge in [-0.2, -0.15) is 0 Å². The third kappa shape index (κ3) is 2.74. The summed E-state index contributed by atoms with van der Waals surface area (Å²) in [7, 11) is 1.29. The van der Waals surface area contributed by atoms with Crippen LogP contribution < -0.4 is 0 Å². The molecule has 0 fully saturated rings. The van der Waals surface area contributed by atoms with Crippen LogP contribution in [0.5, 0.6) is 0 Å². The van der Waals surface area contributed by atoms with Crippen LogP contribution in [0, 0.1) is 0 Å². The number of hydrogen-bond acceptors (Lipinski definition) is 3. The fourth-order valence-corrected chi connectivity index (χ4v) is 1.39. The summed E-state index contributed by atoms with van der Waals surface area (Å²) in [5.74, 6) is -0.433. The molecule has 76 valence electrons. The molecule has 0 spiro atoms. The van der Waals surface area contributed by atoms with Gasteiger partial charge in [-0.3, -0.25) is 4.79 Å². The Balaban J connectivity index is 2.98. The first-order valence-electron chi connectivity index (χ1n) is 3.62. The normalized spacial score (nSPS) is 10.0. The van der Waals surface area contributed by atoms with Crippen molar-refractivity contribution in [2.24, 2.45) is 0 Å². The fraction of sp³-hybridized carbons (Fsp3) is 0.250. The maximum Gasteiger partial charge on any atom is 0.311 e. The monoisotopic (exact) mass is 253 g/mol. The minimum absolute atomic E-state index is 0.0216. The Kier molecular flexibility index (Phi) is 3.98. The summed E-state index contributed by atoms with van der Waals surface area (Å²) >= 11 is 17.1. The van der Waals surface area contributed by atoms with Crippen molar-refractivity contribution < 1.29 is 9.53 Å². The second kappa shape index (κ2) is 4.82. The molecule has 0 aliphatic heterocycles. The van der Waals surface area contributed by atoms with Gasteiger partial charge >= 0.3 is 5.97 Å². The van der Waals surface area contributed by atoms with E-state index in [0.29, 0.717) is 10.7 Å². The van der Waals surface area contributed by atoms with Crippen molar-refractivity contribution in [3.8, 4) is 0 Å². The molecule has 14 heavy (non-hydrogen) atoms. The van der Waals surface area contributed by atoms with Crippen LogP contribution in [0.4, 0.5) is 0 Å². The summed E-state index contributed by atoms with van der Waals surface area (Å²) in [6.07, 6.45) is -0.0216. The summed E-state index contributed by atoms with van der Waals surface area (Å²) in [4.78, 5) is 14.8. The first-order valence-corrected chi connectivity index (χ1v) is 4.75. The average molecular weight is 254 g/mol. The minimum atomic E-state index is -0.433. The molecule has 0 unspecified atom stereocenters. The SMILES string of the molecule is COC(=O)Cc1nc(Cl)c(Cl)cc1Cl. The quantitative estimate of drug-likeness (QED) is 0.602. The van der Waals surface area contributed by atoms with E-state index in [1.54, 1.807) is 0 Å². The minimum Gasteiger partial charge on any atom is -0.469 e. The second-order valence-electron chi connectivity index (χ2n) is 2.44. The largest absolute Gasteiger partial charge is 0.469 e. The van der Waals surface area contributed by atoms with E-state index in [-0.39, 0.29) is 16.6 Å². The highest BCUT2D eigenvalue weighted by atomic mass is 35.5. The third-order valence-corrected chi connectivity index (χ3v) is 2.50. The number of esters is 1. The second-order valence-corrected chi connectivity index (χ2v) is 3.61. The molecule has 0 radical (unpaired) electrons. The molecule has 0 aliphatic carbocycles. The van der Waals surface area contributed by atoms with Crippen LogP contribution in [0.25, 0.3) is 0 Å². The molecule has 0 saturated heterocycles. The number of rotatable bonds is 2. The summed E-state index contributed by atoms with van der Waals surface area (Å²) < 4.78 is 4.47. The zero-order chi connectivity index (χ0) is 10.7. The van der Waals surface area contributed by atoms with Crippen LogP contribution in [0.2, 0.25) is 15.2 Å². The number of carbonyl (C=O) groups excluding carboxylic acids is 1. The van der Waals surface area contributed by atoms with Crippen LogP contribution in [-0.2, 0) is 16.0 Å². The maximum absolute atomic E-state index is 10.9.